The highest BCUT2D eigenvalue weighted by molar-refractivity contribution is 6.36. The van der Waals surface area contributed by atoms with Gasteiger partial charge in [-0.2, -0.15) is 0 Å². The monoisotopic (exact) mass is 437 g/mol. The van der Waals surface area contributed by atoms with Gasteiger partial charge in [0.2, 0.25) is 5.91 Å². The van der Waals surface area contributed by atoms with Gasteiger partial charge < -0.3 is 16.8 Å². The Balaban J connectivity index is 1.90. The number of carbonyl (C=O) groups is 2. The summed E-state index contributed by atoms with van der Waals surface area (Å²) >= 11 is 12.2. The van der Waals surface area contributed by atoms with Crippen molar-refractivity contribution in [2.24, 2.45) is 5.73 Å². The van der Waals surface area contributed by atoms with E-state index in [9.17, 15) is 9.59 Å². The van der Waals surface area contributed by atoms with Gasteiger partial charge in [0.25, 0.3) is 0 Å². The molecule has 1 amide bonds. The van der Waals surface area contributed by atoms with Gasteiger partial charge in [-0.25, -0.2) is 4.39 Å². The van der Waals surface area contributed by atoms with Crippen LogP contribution in [0.1, 0.15) is 47.7 Å². The Labute approximate surface area is 178 Å². The lowest BCUT2D eigenvalue weighted by atomic mass is 9.91. The number of halogens is 3. The predicted molar refractivity (Wildman–Crippen MR) is 113 cm³/mol. The summed E-state index contributed by atoms with van der Waals surface area (Å²) in [7, 11) is 0. The maximum absolute atomic E-state index is 15.5. The van der Waals surface area contributed by atoms with Crippen LogP contribution in [0.15, 0.2) is 30.3 Å². The molecule has 0 radical (unpaired) electrons. The van der Waals surface area contributed by atoms with Crippen LogP contribution in [0, 0.1) is 5.82 Å². The molecule has 1 saturated carbocycles. The zero-order valence-electron chi connectivity index (χ0n) is 15.9. The Morgan fingerprint density at radius 2 is 1.90 bits per heavy atom. The number of benzene rings is 2. The Morgan fingerprint density at radius 3 is 2.48 bits per heavy atom. The molecule has 29 heavy (non-hydrogen) atoms. The van der Waals surface area contributed by atoms with Crippen molar-refractivity contribution in [3.63, 3.8) is 0 Å². The van der Waals surface area contributed by atoms with Crippen LogP contribution < -0.4 is 16.8 Å². The number of anilines is 1. The molecule has 0 heterocycles. The van der Waals surface area contributed by atoms with Crippen LogP contribution in [0.3, 0.4) is 0 Å². The van der Waals surface area contributed by atoms with Crippen molar-refractivity contribution in [3.05, 3.63) is 62.9 Å². The van der Waals surface area contributed by atoms with Gasteiger partial charge in [0, 0.05) is 30.0 Å². The molecule has 0 aliphatic heterocycles. The van der Waals surface area contributed by atoms with Gasteiger partial charge in [-0.05, 0) is 49.6 Å². The zero-order valence-corrected chi connectivity index (χ0v) is 17.4. The highest BCUT2D eigenvalue weighted by atomic mass is 35.5. The van der Waals surface area contributed by atoms with Crippen LogP contribution >= 0.6 is 23.2 Å². The lowest BCUT2D eigenvalue weighted by molar-refractivity contribution is -0.118. The second kappa shape index (κ2) is 8.30. The van der Waals surface area contributed by atoms with E-state index in [2.05, 4.69) is 5.32 Å². The average Bonchev–Trinajstić information content (AvgIpc) is 3.42. The summed E-state index contributed by atoms with van der Waals surface area (Å²) in [6.45, 7) is 2.32. The molecule has 1 fully saturated rings. The summed E-state index contributed by atoms with van der Waals surface area (Å²) < 4.78 is 15.5. The summed E-state index contributed by atoms with van der Waals surface area (Å²) in [5.41, 5.74) is 11.3. The number of rotatable bonds is 8. The van der Waals surface area contributed by atoms with Crippen LogP contribution in [0.4, 0.5) is 10.1 Å². The molecule has 0 unspecified atom stereocenters. The maximum Gasteiger partial charge on any atom is 0.218 e. The number of amides is 1. The number of ketones is 1. The summed E-state index contributed by atoms with van der Waals surface area (Å²) in [5.74, 6) is -1.58. The highest BCUT2D eigenvalue weighted by Gasteiger charge is 2.46. The maximum atomic E-state index is 15.5. The van der Waals surface area contributed by atoms with E-state index >= 15 is 4.39 Å². The number of carbonyl (C=O) groups excluding carboxylic acids is 2. The molecular formula is C21H22Cl2FN3O2. The van der Waals surface area contributed by atoms with Crippen molar-refractivity contribution < 1.29 is 14.0 Å². The molecule has 154 valence electrons. The van der Waals surface area contributed by atoms with Crippen LogP contribution in [0.25, 0.3) is 0 Å². The van der Waals surface area contributed by atoms with Gasteiger partial charge in [-0.1, -0.05) is 29.3 Å². The molecule has 3 rings (SSSR count). The number of hydrogen-bond acceptors (Lipinski definition) is 4. The van der Waals surface area contributed by atoms with Crippen molar-refractivity contribution in [1.82, 2.24) is 5.32 Å². The van der Waals surface area contributed by atoms with Gasteiger partial charge >= 0.3 is 0 Å². The minimum Gasteiger partial charge on any atom is -0.398 e. The normalized spacial score (nSPS) is 15.7. The van der Waals surface area contributed by atoms with Crippen LogP contribution in [-0.4, -0.2) is 24.3 Å². The van der Waals surface area contributed by atoms with E-state index in [1.165, 1.54) is 18.2 Å². The van der Waals surface area contributed by atoms with E-state index in [1.807, 2.05) is 6.92 Å². The van der Waals surface area contributed by atoms with Crippen molar-refractivity contribution in [3.8, 4) is 0 Å². The average molecular weight is 438 g/mol. The highest BCUT2D eigenvalue weighted by Crippen LogP contribution is 2.49. The van der Waals surface area contributed by atoms with E-state index in [0.717, 1.165) is 12.8 Å². The first-order valence-corrected chi connectivity index (χ1v) is 10.00. The predicted octanol–water partition coefficient (Wildman–Crippen LogP) is 3.83. The number of primary amides is 1. The number of nitrogens with two attached hydrogens (primary N) is 2. The summed E-state index contributed by atoms with van der Waals surface area (Å²) in [6.07, 6.45) is 1.73. The molecule has 2 aromatic rings. The minimum absolute atomic E-state index is 0.0371. The molecular weight excluding hydrogens is 416 g/mol. The third kappa shape index (κ3) is 4.55. The Kier molecular flexibility index (Phi) is 6.17. The largest absolute Gasteiger partial charge is 0.398 e. The van der Waals surface area contributed by atoms with Gasteiger partial charge in [0.1, 0.15) is 5.82 Å². The smallest absolute Gasteiger partial charge is 0.218 e. The lowest BCUT2D eigenvalue weighted by Crippen LogP contribution is -2.37. The molecule has 5 N–H and O–H groups in total. The lowest BCUT2D eigenvalue weighted by Gasteiger charge is -2.22. The minimum atomic E-state index is -0.627. The van der Waals surface area contributed by atoms with Gasteiger partial charge in [0.05, 0.1) is 21.3 Å². The third-order valence-electron chi connectivity index (χ3n) is 5.30. The Bertz CT molecular complexity index is 977. The van der Waals surface area contributed by atoms with Crippen LogP contribution in [-0.2, 0) is 10.2 Å². The van der Waals surface area contributed by atoms with Crippen molar-refractivity contribution in [1.29, 1.82) is 0 Å². The van der Waals surface area contributed by atoms with Gasteiger partial charge in [0.15, 0.2) is 5.78 Å². The molecule has 0 spiro atoms. The SMILES string of the molecule is C[C@H](CC(N)=O)NCC1(c2ccc(Cl)c(C(=O)c3ccc(N)c(Cl)c3)c2F)CC1. The van der Waals surface area contributed by atoms with Crippen molar-refractivity contribution in [2.75, 3.05) is 12.3 Å². The fourth-order valence-electron chi connectivity index (χ4n) is 3.42. The number of nitrogens with one attached hydrogen (secondary N) is 1. The molecule has 0 aromatic heterocycles. The summed E-state index contributed by atoms with van der Waals surface area (Å²) in [6, 6.07) is 7.43. The zero-order chi connectivity index (χ0) is 21.3. The molecule has 1 aliphatic rings. The second-order valence-electron chi connectivity index (χ2n) is 7.58. The fraction of sp³-hybridized carbons (Fsp3) is 0.333. The molecule has 2 aromatic carbocycles. The second-order valence-corrected chi connectivity index (χ2v) is 8.40. The quantitative estimate of drug-likeness (QED) is 0.431. The first kappa shape index (κ1) is 21.6. The standard InChI is InChI=1S/C21H22Cl2FN3O2/c1-11(8-17(26)28)27-10-21(6-7-21)13-3-4-14(22)18(19(13)24)20(29)12-2-5-16(25)15(23)9-12/h2-5,9,11,27H,6-8,10,25H2,1H3,(H2,26,28)/t11-/m1/s1. The molecule has 5 nitrogen and oxygen atoms in total. The Morgan fingerprint density at radius 1 is 1.21 bits per heavy atom. The fourth-order valence-corrected chi connectivity index (χ4v) is 3.83. The van der Waals surface area contributed by atoms with Gasteiger partial charge in [-0.15, -0.1) is 0 Å². The first-order valence-electron chi connectivity index (χ1n) is 9.24. The summed E-state index contributed by atoms with van der Waals surface area (Å²) in [4.78, 5) is 24.0. The third-order valence-corrected chi connectivity index (χ3v) is 5.94. The van der Waals surface area contributed by atoms with E-state index in [4.69, 9.17) is 34.7 Å². The molecule has 0 saturated heterocycles. The van der Waals surface area contributed by atoms with Crippen molar-refractivity contribution >= 4 is 40.6 Å². The first-order chi connectivity index (χ1) is 13.6. The van der Waals surface area contributed by atoms with E-state index in [1.54, 1.807) is 12.1 Å². The van der Waals surface area contributed by atoms with E-state index in [0.29, 0.717) is 17.8 Å². The number of hydrogen-bond donors (Lipinski definition) is 3. The van der Waals surface area contributed by atoms with E-state index < -0.39 is 22.9 Å². The molecule has 1 aliphatic carbocycles. The topological polar surface area (TPSA) is 98.2 Å². The van der Waals surface area contributed by atoms with Crippen molar-refractivity contribution in [2.45, 2.75) is 37.6 Å². The summed E-state index contributed by atoms with van der Waals surface area (Å²) in [5, 5.41) is 3.49. The Hall–Kier alpha value is -2.15. The molecule has 0 bridgehead atoms. The number of nitrogen functional groups attached to an aromatic ring is 1. The van der Waals surface area contributed by atoms with Crippen LogP contribution in [0.5, 0.6) is 0 Å². The molecule has 1 atom stereocenters. The molecule has 8 heteroatoms. The van der Waals surface area contributed by atoms with Gasteiger partial charge in [-0.3, -0.25) is 9.59 Å². The van der Waals surface area contributed by atoms with E-state index in [-0.39, 0.29) is 33.6 Å². The van der Waals surface area contributed by atoms with Crippen LogP contribution in [0.2, 0.25) is 10.0 Å².